The standard InChI is InChI=1S/C15H19N3O/c1-2-10(3-1)15-17-12-5-4-11(8-13(12)18-15)14-9-16-6-7-19-14/h4-5,8,10,14,16H,1-3,6-7,9H2,(H,17,18). The predicted molar refractivity (Wildman–Crippen MR) is 74.2 cm³/mol. The van der Waals surface area contributed by atoms with Crippen molar-refractivity contribution in [2.45, 2.75) is 31.3 Å². The van der Waals surface area contributed by atoms with Crippen molar-refractivity contribution in [2.75, 3.05) is 19.7 Å². The first-order valence-corrected chi connectivity index (χ1v) is 7.22. The molecule has 2 aliphatic rings. The van der Waals surface area contributed by atoms with Crippen molar-refractivity contribution < 1.29 is 4.74 Å². The number of aromatic amines is 1. The van der Waals surface area contributed by atoms with Crippen LogP contribution in [0.1, 0.15) is 42.7 Å². The van der Waals surface area contributed by atoms with E-state index >= 15 is 0 Å². The highest BCUT2D eigenvalue weighted by atomic mass is 16.5. The minimum Gasteiger partial charge on any atom is -0.371 e. The van der Waals surface area contributed by atoms with E-state index in [2.05, 4.69) is 28.5 Å². The van der Waals surface area contributed by atoms with E-state index in [1.807, 2.05) is 0 Å². The number of ether oxygens (including phenoxy) is 1. The van der Waals surface area contributed by atoms with Gasteiger partial charge in [-0.3, -0.25) is 0 Å². The van der Waals surface area contributed by atoms with E-state index in [-0.39, 0.29) is 6.10 Å². The van der Waals surface area contributed by atoms with Crippen LogP contribution in [0.15, 0.2) is 18.2 Å². The lowest BCUT2D eigenvalue weighted by Crippen LogP contribution is -2.33. The lowest BCUT2D eigenvalue weighted by atomic mass is 9.85. The first-order chi connectivity index (χ1) is 9.40. The maximum atomic E-state index is 5.80. The smallest absolute Gasteiger partial charge is 0.110 e. The van der Waals surface area contributed by atoms with Crippen LogP contribution in [-0.4, -0.2) is 29.7 Å². The number of hydrogen-bond donors (Lipinski definition) is 2. The summed E-state index contributed by atoms with van der Waals surface area (Å²) in [5.41, 5.74) is 3.46. The van der Waals surface area contributed by atoms with Crippen LogP contribution in [0.25, 0.3) is 11.0 Å². The second kappa shape index (κ2) is 4.62. The molecule has 4 rings (SSSR count). The number of nitrogens with zero attached hydrogens (tertiary/aromatic N) is 1. The Morgan fingerprint density at radius 1 is 1.26 bits per heavy atom. The van der Waals surface area contributed by atoms with Crippen molar-refractivity contribution in [3.05, 3.63) is 29.6 Å². The fourth-order valence-corrected chi connectivity index (χ4v) is 2.90. The van der Waals surface area contributed by atoms with Crippen molar-refractivity contribution in [2.24, 2.45) is 0 Å². The number of benzene rings is 1. The number of fused-ring (bicyclic) bond motifs is 1. The molecular formula is C15H19N3O. The van der Waals surface area contributed by atoms with Gasteiger partial charge in [0, 0.05) is 19.0 Å². The average molecular weight is 257 g/mol. The molecule has 1 aliphatic heterocycles. The molecule has 1 aromatic heterocycles. The molecule has 100 valence electrons. The first kappa shape index (κ1) is 11.4. The zero-order valence-corrected chi connectivity index (χ0v) is 11.0. The molecule has 0 amide bonds. The minimum absolute atomic E-state index is 0.175. The summed E-state index contributed by atoms with van der Waals surface area (Å²) in [7, 11) is 0. The predicted octanol–water partition coefficient (Wildman–Crippen LogP) is 2.49. The highest BCUT2D eigenvalue weighted by Gasteiger charge is 2.23. The minimum atomic E-state index is 0.175. The lowest BCUT2D eigenvalue weighted by molar-refractivity contribution is 0.0278. The highest BCUT2D eigenvalue weighted by Crippen LogP contribution is 2.35. The van der Waals surface area contributed by atoms with Crippen molar-refractivity contribution in [3.8, 4) is 0 Å². The summed E-state index contributed by atoms with van der Waals surface area (Å²) >= 11 is 0. The Morgan fingerprint density at radius 3 is 2.95 bits per heavy atom. The molecule has 1 aromatic carbocycles. The molecule has 1 saturated carbocycles. The van der Waals surface area contributed by atoms with Gasteiger partial charge < -0.3 is 15.0 Å². The third-order valence-electron chi connectivity index (χ3n) is 4.32. The van der Waals surface area contributed by atoms with E-state index in [1.165, 1.54) is 30.7 Å². The maximum absolute atomic E-state index is 5.80. The number of nitrogens with one attached hydrogen (secondary N) is 2. The van der Waals surface area contributed by atoms with E-state index in [0.717, 1.165) is 30.7 Å². The normalized spacial score (nSPS) is 24.5. The number of imidazole rings is 1. The molecule has 1 aliphatic carbocycles. The molecule has 1 unspecified atom stereocenters. The van der Waals surface area contributed by atoms with Gasteiger partial charge >= 0.3 is 0 Å². The molecule has 2 N–H and O–H groups in total. The topological polar surface area (TPSA) is 49.9 Å². The highest BCUT2D eigenvalue weighted by molar-refractivity contribution is 5.76. The van der Waals surface area contributed by atoms with Gasteiger partial charge in [0.05, 0.1) is 23.7 Å². The van der Waals surface area contributed by atoms with Crippen LogP contribution in [-0.2, 0) is 4.74 Å². The molecule has 4 nitrogen and oxygen atoms in total. The first-order valence-electron chi connectivity index (χ1n) is 7.22. The van der Waals surface area contributed by atoms with Gasteiger partial charge in [0.1, 0.15) is 5.82 Å². The van der Waals surface area contributed by atoms with Gasteiger partial charge in [-0.1, -0.05) is 12.5 Å². The van der Waals surface area contributed by atoms with Crippen LogP contribution in [0.5, 0.6) is 0 Å². The van der Waals surface area contributed by atoms with Gasteiger partial charge in [-0.2, -0.15) is 0 Å². The average Bonchev–Trinajstić information content (AvgIpc) is 2.79. The van der Waals surface area contributed by atoms with Crippen LogP contribution in [0.3, 0.4) is 0 Å². The second-order valence-corrected chi connectivity index (χ2v) is 5.59. The molecule has 0 spiro atoms. The van der Waals surface area contributed by atoms with Gasteiger partial charge in [0.25, 0.3) is 0 Å². The zero-order valence-electron chi connectivity index (χ0n) is 11.0. The Hall–Kier alpha value is -1.39. The molecule has 2 aromatic rings. The third kappa shape index (κ3) is 2.05. The van der Waals surface area contributed by atoms with E-state index in [9.17, 15) is 0 Å². The lowest BCUT2D eigenvalue weighted by Gasteiger charge is -2.23. The molecule has 1 atom stereocenters. The van der Waals surface area contributed by atoms with Gasteiger partial charge in [-0.05, 0) is 30.5 Å². The zero-order chi connectivity index (χ0) is 12.7. The Kier molecular flexibility index (Phi) is 2.78. The monoisotopic (exact) mass is 257 g/mol. The molecule has 1 saturated heterocycles. The third-order valence-corrected chi connectivity index (χ3v) is 4.32. The molecule has 0 radical (unpaired) electrons. The van der Waals surface area contributed by atoms with E-state index < -0.39 is 0 Å². The largest absolute Gasteiger partial charge is 0.371 e. The maximum Gasteiger partial charge on any atom is 0.110 e. The number of rotatable bonds is 2. The van der Waals surface area contributed by atoms with Gasteiger partial charge in [-0.25, -0.2) is 4.98 Å². The number of hydrogen-bond acceptors (Lipinski definition) is 3. The number of morpholine rings is 1. The van der Waals surface area contributed by atoms with Gasteiger partial charge in [-0.15, -0.1) is 0 Å². The summed E-state index contributed by atoms with van der Waals surface area (Å²) in [5.74, 6) is 1.82. The van der Waals surface area contributed by atoms with Crippen LogP contribution >= 0.6 is 0 Å². The summed E-state index contributed by atoms with van der Waals surface area (Å²) in [6.45, 7) is 2.64. The van der Waals surface area contributed by atoms with E-state index in [1.54, 1.807) is 0 Å². The fourth-order valence-electron chi connectivity index (χ4n) is 2.90. The van der Waals surface area contributed by atoms with Crippen molar-refractivity contribution in [3.63, 3.8) is 0 Å². The summed E-state index contributed by atoms with van der Waals surface area (Å²) < 4.78 is 5.80. The van der Waals surface area contributed by atoms with Crippen LogP contribution in [0.2, 0.25) is 0 Å². The Morgan fingerprint density at radius 2 is 2.21 bits per heavy atom. The fraction of sp³-hybridized carbons (Fsp3) is 0.533. The van der Waals surface area contributed by atoms with E-state index in [4.69, 9.17) is 9.72 Å². The molecule has 2 fully saturated rings. The van der Waals surface area contributed by atoms with E-state index in [0.29, 0.717) is 5.92 Å². The molecule has 0 bridgehead atoms. The van der Waals surface area contributed by atoms with Crippen molar-refractivity contribution in [1.29, 1.82) is 0 Å². The molecule has 2 heterocycles. The SMILES string of the molecule is c1cc2nc(C3CCC3)[nH]c2cc1C1CNCCO1. The van der Waals surface area contributed by atoms with Crippen molar-refractivity contribution >= 4 is 11.0 Å². The summed E-state index contributed by atoms with van der Waals surface area (Å²) in [6, 6.07) is 6.45. The Bertz CT molecular complexity index is 582. The number of H-pyrrole nitrogens is 1. The second-order valence-electron chi connectivity index (χ2n) is 5.59. The molecule has 19 heavy (non-hydrogen) atoms. The summed E-state index contributed by atoms with van der Waals surface area (Å²) in [4.78, 5) is 8.20. The quantitative estimate of drug-likeness (QED) is 0.869. The van der Waals surface area contributed by atoms with Crippen molar-refractivity contribution in [1.82, 2.24) is 15.3 Å². The molecular weight excluding hydrogens is 238 g/mol. The Labute approximate surface area is 112 Å². The Balaban J connectivity index is 1.65. The van der Waals surface area contributed by atoms with Crippen LogP contribution in [0.4, 0.5) is 0 Å². The van der Waals surface area contributed by atoms with Crippen LogP contribution in [0, 0.1) is 0 Å². The number of aromatic nitrogens is 2. The van der Waals surface area contributed by atoms with Crippen LogP contribution < -0.4 is 5.32 Å². The van der Waals surface area contributed by atoms with Gasteiger partial charge in [0.15, 0.2) is 0 Å². The summed E-state index contributed by atoms with van der Waals surface area (Å²) in [5, 5.41) is 3.37. The van der Waals surface area contributed by atoms with Gasteiger partial charge in [0.2, 0.25) is 0 Å². The summed E-state index contributed by atoms with van der Waals surface area (Å²) in [6.07, 6.45) is 4.08. The molecule has 4 heteroatoms.